The molecule has 0 aliphatic carbocycles. The van der Waals surface area contributed by atoms with E-state index in [1.807, 2.05) is 11.5 Å². The summed E-state index contributed by atoms with van der Waals surface area (Å²) in [5.41, 5.74) is 0.810. The molecule has 0 radical (unpaired) electrons. The number of aromatic nitrogens is 3. The van der Waals surface area contributed by atoms with Gasteiger partial charge in [0.2, 0.25) is 0 Å². The minimum Gasteiger partial charge on any atom is -0.314 e. The summed E-state index contributed by atoms with van der Waals surface area (Å²) in [7, 11) is 0. The molecule has 0 saturated heterocycles. The first-order valence-corrected chi connectivity index (χ1v) is 3.49. The van der Waals surface area contributed by atoms with Crippen LogP contribution in [0.2, 0.25) is 0 Å². The van der Waals surface area contributed by atoms with Crippen molar-refractivity contribution in [3.05, 3.63) is 31.4 Å². The van der Waals surface area contributed by atoms with E-state index in [1.54, 1.807) is 12.4 Å². The molecule has 0 fully saturated rings. The molecule has 0 atom stereocenters. The molecule has 0 saturated carbocycles. The molecule has 0 N–H and O–H groups in total. The minimum atomic E-state index is 0.794. The van der Waals surface area contributed by atoms with Crippen LogP contribution in [0.3, 0.4) is 0 Å². The quantitative estimate of drug-likeness (QED) is 0.610. The average molecular weight is 149 g/mol. The van der Waals surface area contributed by atoms with Gasteiger partial charge in [0, 0.05) is 12.1 Å². The molecule has 3 nitrogen and oxygen atoms in total. The number of nitrogens with zero attached hydrogens (tertiary/aromatic N) is 3. The third-order valence-electron chi connectivity index (χ3n) is 1.49. The predicted octanol–water partition coefficient (Wildman–Crippen LogP) is 1.50. The van der Waals surface area contributed by atoms with Crippen LogP contribution in [0.25, 0.3) is 5.57 Å². The standard InChI is InChI=1S/C8H11N3/c1-4-7(3)8-10-9-6-11(8)5-2/h4,6H,1,3,5H2,2H3. The first kappa shape index (κ1) is 7.72. The van der Waals surface area contributed by atoms with Gasteiger partial charge in [0.1, 0.15) is 6.33 Å². The van der Waals surface area contributed by atoms with Crippen molar-refractivity contribution in [2.45, 2.75) is 13.5 Å². The fourth-order valence-corrected chi connectivity index (χ4v) is 0.826. The van der Waals surface area contributed by atoms with Crippen molar-refractivity contribution in [3.8, 4) is 0 Å². The van der Waals surface area contributed by atoms with Crippen molar-refractivity contribution in [1.82, 2.24) is 14.8 Å². The summed E-state index contributed by atoms with van der Waals surface area (Å²) in [5.74, 6) is 0.794. The Bertz CT molecular complexity index is 273. The van der Waals surface area contributed by atoms with Crippen molar-refractivity contribution in [2.75, 3.05) is 0 Å². The molecule has 1 aromatic rings. The van der Waals surface area contributed by atoms with Crippen LogP contribution in [0.1, 0.15) is 12.7 Å². The molecule has 0 unspecified atom stereocenters. The summed E-state index contributed by atoms with van der Waals surface area (Å²) in [6.07, 6.45) is 3.36. The van der Waals surface area contributed by atoms with Gasteiger partial charge >= 0.3 is 0 Å². The van der Waals surface area contributed by atoms with E-state index in [0.717, 1.165) is 17.9 Å². The zero-order valence-electron chi connectivity index (χ0n) is 6.62. The lowest BCUT2D eigenvalue weighted by atomic mass is 10.3. The lowest BCUT2D eigenvalue weighted by molar-refractivity contribution is 0.748. The lowest BCUT2D eigenvalue weighted by Gasteiger charge is -2.00. The maximum absolute atomic E-state index is 3.90. The van der Waals surface area contributed by atoms with Crippen molar-refractivity contribution >= 4 is 5.57 Å². The molecule has 58 valence electrons. The monoisotopic (exact) mass is 149 g/mol. The van der Waals surface area contributed by atoms with Gasteiger partial charge in [-0.25, -0.2) is 0 Å². The zero-order chi connectivity index (χ0) is 8.27. The van der Waals surface area contributed by atoms with Crippen LogP contribution in [0.5, 0.6) is 0 Å². The molecule has 1 heterocycles. The third kappa shape index (κ3) is 1.37. The van der Waals surface area contributed by atoms with E-state index in [2.05, 4.69) is 23.4 Å². The van der Waals surface area contributed by atoms with Crippen LogP contribution in [0.15, 0.2) is 25.6 Å². The Morgan fingerprint density at radius 1 is 1.82 bits per heavy atom. The summed E-state index contributed by atoms with van der Waals surface area (Å²) < 4.78 is 1.92. The minimum absolute atomic E-state index is 0.794. The first-order valence-electron chi connectivity index (χ1n) is 3.49. The Morgan fingerprint density at radius 2 is 2.55 bits per heavy atom. The topological polar surface area (TPSA) is 30.7 Å². The van der Waals surface area contributed by atoms with E-state index in [1.165, 1.54) is 0 Å². The van der Waals surface area contributed by atoms with Crippen molar-refractivity contribution < 1.29 is 0 Å². The Morgan fingerprint density at radius 3 is 3.09 bits per heavy atom. The summed E-state index contributed by atoms with van der Waals surface area (Å²) in [5, 5.41) is 7.67. The van der Waals surface area contributed by atoms with Crippen LogP contribution < -0.4 is 0 Å². The maximum atomic E-state index is 3.90. The van der Waals surface area contributed by atoms with Crippen molar-refractivity contribution in [2.24, 2.45) is 0 Å². The highest BCUT2D eigenvalue weighted by atomic mass is 15.3. The highest BCUT2D eigenvalue weighted by Gasteiger charge is 2.02. The fourth-order valence-electron chi connectivity index (χ4n) is 0.826. The Labute approximate surface area is 66.1 Å². The normalized spacial score (nSPS) is 9.55. The second-order valence-electron chi connectivity index (χ2n) is 2.17. The van der Waals surface area contributed by atoms with Gasteiger partial charge in [-0.1, -0.05) is 19.2 Å². The zero-order valence-corrected chi connectivity index (χ0v) is 6.62. The molecule has 1 rings (SSSR count). The van der Waals surface area contributed by atoms with Gasteiger partial charge in [-0.3, -0.25) is 0 Å². The Balaban J connectivity index is 3.01. The SMILES string of the molecule is C=CC(=C)c1nncn1CC. The molecule has 0 aromatic carbocycles. The second-order valence-corrected chi connectivity index (χ2v) is 2.17. The van der Waals surface area contributed by atoms with E-state index in [9.17, 15) is 0 Å². The first-order chi connectivity index (χ1) is 5.29. The van der Waals surface area contributed by atoms with Gasteiger partial charge in [0.25, 0.3) is 0 Å². The predicted molar refractivity (Wildman–Crippen MR) is 44.9 cm³/mol. The molecule has 0 bridgehead atoms. The maximum Gasteiger partial charge on any atom is 0.163 e. The lowest BCUT2D eigenvalue weighted by Crippen LogP contribution is -1.97. The molecular formula is C8H11N3. The number of aryl methyl sites for hydroxylation is 1. The molecule has 0 aliphatic heterocycles. The number of allylic oxidation sites excluding steroid dienone is 2. The van der Waals surface area contributed by atoms with Gasteiger partial charge in [-0.05, 0) is 6.92 Å². The van der Waals surface area contributed by atoms with E-state index in [0.29, 0.717) is 0 Å². The average Bonchev–Trinajstić information content (AvgIpc) is 2.50. The van der Waals surface area contributed by atoms with Gasteiger partial charge in [0.15, 0.2) is 5.82 Å². The summed E-state index contributed by atoms with van der Waals surface area (Å²) in [4.78, 5) is 0. The van der Waals surface area contributed by atoms with E-state index >= 15 is 0 Å². The van der Waals surface area contributed by atoms with Crippen LogP contribution in [0.4, 0.5) is 0 Å². The Kier molecular flexibility index (Phi) is 2.21. The number of hydrogen-bond donors (Lipinski definition) is 0. The highest BCUT2D eigenvalue weighted by Crippen LogP contribution is 2.08. The molecular weight excluding hydrogens is 138 g/mol. The van der Waals surface area contributed by atoms with Gasteiger partial charge in [-0.15, -0.1) is 10.2 Å². The van der Waals surface area contributed by atoms with Gasteiger partial charge in [-0.2, -0.15) is 0 Å². The molecule has 11 heavy (non-hydrogen) atoms. The smallest absolute Gasteiger partial charge is 0.163 e. The van der Waals surface area contributed by atoms with Gasteiger partial charge in [0.05, 0.1) is 0 Å². The highest BCUT2D eigenvalue weighted by molar-refractivity contribution is 5.66. The molecule has 0 spiro atoms. The summed E-state index contributed by atoms with van der Waals surface area (Å²) in [6.45, 7) is 10.3. The summed E-state index contributed by atoms with van der Waals surface area (Å²) >= 11 is 0. The fraction of sp³-hybridized carbons (Fsp3) is 0.250. The Hall–Kier alpha value is -1.38. The van der Waals surface area contributed by atoms with E-state index < -0.39 is 0 Å². The van der Waals surface area contributed by atoms with Gasteiger partial charge < -0.3 is 4.57 Å². The molecule has 0 amide bonds. The largest absolute Gasteiger partial charge is 0.314 e. The van der Waals surface area contributed by atoms with Crippen molar-refractivity contribution in [3.63, 3.8) is 0 Å². The third-order valence-corrected chi connectivity index (χ3v) is 1.49. The molecule has 0 aliphatic rings. The van der Waals surface area contributed by atoms with Crippen LogP contribution in [-0.4, -0.2) is 14.8 Å². The second kappa shape index (κ2) is 3.14. The number of hydrogen-bond acceptors (Lipinski definition) is 2. The van der Waals surface area contributed by atoms with Crippen LogP contribution in [0, 0.1) is 0 Å². The molecule has 1 aromatic heterocycles. The van der Waals surface area contributed by atoms with Crippen molar-refractivity contribution in [1.29, 1.82) is 0 Å². The van der Waals surface area contributed by atoms with Crippen LogP contribution in [-0.2, 0) is 6.54 Å². The van der Waals surface area contributed by atoms with Crippen LogP contribution >= 0.6 is 0 Å². The number of rotatable bonds is 3. The van der Waals surface area contributed by atoms with E-state index in [-0.39, 0.29) is 0 Å². The summed E-state index contributed by atoms with van der Waals surface area (Å²) in [6, 6.07) is 0. The molecule has 3 heteroatoms. The van der Waals surface area contributed by atoms with E-state index in [4.69, 9.17) is 0 Å².